The highest BCUT2D eigenvalue weighted by Gasteiger charge is 2.18. The Hall–Kier alpha value is -4.63. The van der Waals surface area contributed by atoms with E-state index < -0.39 is 0 Å². The number of fused-ring (bicyclic) bond motifs is 2. The van der Waals surface area contributed by atoms with Crippen molar-refractivity contribution in [2.75, 3.05) is 5.32 Å². The predicted octanol–water partition coefficient (Wildman–Crippen LogP) is 7.47. The SMILES string of the molecule is CC(=O)c1ccc(-c2ccnc3[nH]c(-c4n[nH]c5ccc(-c6cncc(NC(=O)CC(C)(C)C)c6)cc45)cc23)s1. The average molecular weight is 549 g/mol. The molecule has 5 heterocycles. The van der Waals surface area contributed by atoms with Gasteiger partial charge >= 0.3 is 0 Å². The van der Waals surface area contributed by atoms with E-state index in [0.29, 0.717) is 12.1 Å². The first-order valence-electron chi connectivity index (χ1n) is 13.0. The summed E-state index contributed by atoms with van der Waals surface area (Å²) in [7, 11) is 0. The summed E-state index contributed by atoms with van der Waals surface area (Å²) < 4.78 is 0. The molecule has 0 bridgehead atoms. The van der Waals surface area contributed by atoms with Crippen LogP contribution in [0.15, 0.2) is 67.1 Å². The van der Waals surface area contributed by atoms with Gasteiger partial charge in [-0.3, -0.25) is 19.7 Å². The predicted molar refractivity (Wildman–Crippen MR) is 160 cm³/mol. The number of nitrogens with zero attached hydrogens (tertiary/aromatic N) is 3. The summed E-state index contributed by atoms with van der Waals surface area (Å²) in [6.07, 6.45) is 5.64. The van der Waals surface area contributed by atoms with E-state index in [1.54, 1.807) is 25.5 Å². The van der Waals surface area contributed by atoms with Gasteiger partial charge in [0.25, 0.3) is 0 Å². The van der Waals surface area contributed by atoms with Crippen molar-refractivity contribution in [1.82, 2.24) is 25.1 Å². The maximum atomic E-state index is 12.5. The maximum Gasteiger partial charge on any atom is 0.224 e. The van der Waals surface area contributed by atoms with E-state index in [9.17, 15) is 9.59 Å². The third-order valence-corrected chi connectivity index (χ3v) is 7.83. The third-order valence-electron chi connectivity index (χ3n) is 6.61. The van der Waals surface area contributed by atoms with Crippen LogP contribution in [0.4, 0.5) is 5.69 Å². The van der Waals surface area contributed by atoms with Gasteiger partial charge in [0.2, 0.25) is 5.91 Å². The molecule has 200 valence electrons. The topological polar surface area (TPSA) is 116 Å². The lowest BCUT2D eigenvalue weighted by atomic mass is 9.92. The van der Waals surface area contributed by atoms with Gasteiger partial charge in [0.15, 0.2) is 5.78 Å². The van der Waals surface area contributed by atoms with E-state index in [2.05, 4.69) is 42.6 Å². The lowest BCUT2D eigenvalue weighted by Gasteiger charge is -2.17. The summed E-state index contributed by atoms with van der Waals surface area (Å²) in [5.41, 5.74) is 6.69. The van der Waals surface area contributed by atoms with Crippen LogP contribution in [0.1, 0.15) is 43.8 Å². The van der Waals surface area contributed by atoms with Crippen molar-refractivity contribution >= 4 is 50.7 Å². The molecule has 0 unspecified atom stereocenters. The van der Waals surface area contributed by atoms with Gasteiger partial charge in [-0.1, -0.05) is 26.8 Å². The first-order chi connectivity index (χ1) is 19.1. The smallest absolute Gasteiger partial charge is 0.224 e. The monoisotopic (exact) mass is 548 g/mol. The highest BCUT2D eigenvalue weighted by molar-refractivity contribution is 7.17. The molecule has 3 N–H and O–H groups in total. The Morgan fingerprint density at radius 1 is 0.975 bits per heavy atom. The molecule has 0 saturated carbocycles. The fourth-order valence-corrected chi connectivity index (χ4v) is 5.73. The Morgan fingerprint density at radius 2 is 1.82 bits per heavy atom. The number of rotatable bonds is 6. The van der Waals surface area contributed by atoms with E-state index in [-0.39, 0.29) is 17.1 Å². The second-order valence-corrected chi connectivity index (χ2v) is 12.2. The summed E-state index contributed by atoms with van der Waals surface area (Å²) in [5, 5.41) is 12.6. The van der Waals surface area contributed by atoms with Crippen molar-refractivity contribution in [3.63, 3.8) is 0 Å². The molecule has 6 rings (SSSR count). The largest absolute Gasteiger partial charge is 0.338 e. The number of Topliss-reactive ketones (excluding diaryl/α,β-unsaturated/α-hetero) is 1. The zero-order valence-electron chi connectivity index (χ0n) is 22.6. The van der Waals surface area contributed by atoms with Crippen LogP contribution >= 0.6 is 11.3 Å². The van der Waals surface area contributed by atoms with Crippen molar-refractivity contribution in [3.8, 4) is 33.0 Å². The fraction of sp³-hybridized carbons (Fsp3) is 0.194. The molecule has 0 aliphatic heterocycles. The van der Waals surface area contributed by atoms with Crippen molar-refractivity contribution in [2.24, 2.45) is 5.41 Å². The van der Waals surface area contributed by atoms with Crippen molar-refractivity contribution in [3.05, 3.63) is 72.0 Å². The number of aromatic nitrogens is 5. The molecule has 0 spiro atoms. The Morgan fingerprint density at radius 3 is 2.60 bits per heavy atom. The molecule has 0 radical (unpaired) electrons. The number of carbonyl (C=O) groups is 2. The Balaban J connectivity index is 1.36. The van der Waals surface area contributed by atoms with E-state index in [4.69, 9.17) is 0 Å². The Kier molecular flexibility index (Phi) is 6.31. The molecule has 6 aromatic rings. The van der Waals surface area contributed by atoms with Crippen LogP contribution in [0.3, 0.4) is 0 Å². The molecule has 0 aliphatic rings. The van der Waals surface area contributed by atoms with Crippen molar-refractivity contribution in [2.45, 2.75) is 34.1 Å². The van der Waals surface area contributed by atoms with Gasteiger partial charge in [0.05, 0.1) is 28.0 Å². The van der Waals surface area contributed by atoms with Crippen LogP contribution in [0.2, 0.25) is 0 Å². The number of anilines is 1. The molecule has 0 atom stereocenters. The van der Waals surface area contributed by atoms with E-state index >= 15 is 0 Å². The van der Waals surface area contributed by atoms with Gasteiger partial charge in [-0.25, -0.2) is 4.98 Å². The first kappa shape index (κ1) is 25.6. The van der Waals surface area contributed by atoms with E-state index in [1.165, 1.54) is 11.3 Å². The number of nitrogens with one attached hydrogen (secondary N) is 3. The van der Waals surface area contributed by atoms with E-state index in [1.807, 2.05) is 57.2 Å². The third kappa shape index (κ3) is 5.03. The minimum absolute atomic E-state index is 0.0362. The number of H-pyrrole nitrogens is 2. The van der Waals surface area contributed by atoms with Gasteiger partial charge in [0.1, 0.15) is 11.3 Å². The van der Waals surface area contributed by atoms with Crippen LogP contribution in [0.5, 0.6) is 0 Å². The van der Waals surface area contributed by atoms with Gasteiger partial charge in [-0.2, -0.15) is 5.10 Å². The number of hydrogen-bond donors (Lipinski definition) is 3. The Labute approximate surface area is 234 Å². The van der Waals surface area contributed by atoms with Crippen LogP contribution in [-0.2, 0) is 4.79 Å². The molecule has 40 heavy (non-hydrogen) atoms. The zero-order chi connectivity index (χ0) is 28.0. The number of hydrogen-bond acceptors (Lipinski definition) is 6. The zero-order valence-corrected chi connectivity index (χ0v) is 23.4. The molecule has 0 aliphatic carbocycles. The highest BCUT2D eigenvalue weighted by atomic mass is 32.1. The Bertz CT molecular complexity index is 1910. The second kappa shape index (κ2) is 9.84. The van der Waals surface area contributed by atoms with Crippen molar-refractivity contribution in [1.29, 1.82) is 0 Å². The molecule has 1 amide bonds. The highest BCUT2D eigenvalue weighted by Crippen LogP contribution is 2.37. The molecule has 8 nitrogen and oxygen atoms in total. The molecule has 9 heteroatoms. The number of amides is 1. The lowest BCUT2D eigenvalue weighted by molar-refractivity contribution is -0.117. The van der Waals surface area contributed by atoms with Gasteiger partial charge < -0.3 is 10.3 Å². The quantitative estimate of drug-likeness (QED) is 0.187. The van der Waals surface area contributed by atoms with Crippen LogP contribution in [-0.4, -0.2) is 36.8 Å². The van der Waals surface area contributed by atoms with Gasteiger partial charge in [-0.15, -0.1) is 11.3 Å². The number of benzene rings is 1. The second-order valence-electron chi connectivity index (χ2n) is 11.1. The minimum atomic E-state index is -0.0992. The summed E-state index contributed by atoms with van der Waals surface area (Å²) >= 11 is 1.48. The molecule has 1 aromatic carbocycles. The number of carbonyl (C=O) groups excluding carboxylic acids is 2. The molecular formula is C31H28N6O2S. The number of thiophene rings is 1. The number of ketones is 1. The molecule has 0 fully saturated rings. The molecular weight excluding hydrogens is 520 g/mol. The molecule has 5 aromatic heterocycles. The molecule has 0 saturated heterocycles. The summed E-state index contributed by atoms with van der Waals surface area (Å²) in [5.74, 6) is 0.0222. The standard InChI is InChI=1S/C31H28N6O2S/c1-17(38)26-7-8-27(40-26)21-9-10-33-30-22(21)13-25(35-30)29-23-12-18(5-6-24(23)36-37-29)19-11-20(16-32-15-19)34-28(39)14-31(2,3)4/h5-13,15-16H,14H2,1-4H3,(H,33,35)(H,34,39)(H,36,37). The summed E-state index contributed by atoms with van der Waals surface area (Å²) in [4.78, 5) is 38.4. The van der Waals surface area contributed by atoms with Gasteiger partial charge in [0, 0.05) is 45.6 Å². The van der Waals surface area contributed by atoms with Crippen molar-refractivity contribution < 1.29 is 9.59 Å². The van der Waals surface area contributed by atoms with E-state index in [0.717, 1.165) is 59.8 Å². The lowest BCUT2D eigenvalue weighted by Crippen LogP contribution is -2.19. The minimum Gasteiger partial charge on any atom is -0.338 e. The number of aromatic amines is 2. The van der Waals surface area contributed by atoms with Crippen LogP contribution in [0.25, 0.3) is 54.9 Å². The maximum absolute atomic E-state index is 12.5. The normalized spacial score (nSPS) is 11.8. The summed E-state index contributed by atoms with van der Waals surface area (Å²) in [6.45, 7) is 7.69. The van der Waals surface area contributed by atoms with Crippen LogP contribution < -0.4 is 5.32 Å². The fourth-order valence-electron chi connectivity index (χ4n) is 4.79. The van der Waals surface area contributed by atoms with Crippen LogP contribution in [0, 0.1) is 5.41 Å². The summed E-state index contributed by atoms with van der Waals surface area (Å²) in [6, 6.07) is 15.9. The van der Waals surface area contributed by atoms with Gasteiger partial charge in [-0.05, 0) is 60.4 Å². The average Bonchev–Trinajstić information content (AvgIpc) is 3.65. The first-order valence-corrected chi connectivity index (χ1v) is 13.8. The number of pyridine rings is 2.